The number of carbonyl (C=O) groups is 1. The first kappa shape index (κ1) is 13.5. The molecule has 1 saturated carbocycles. The van der Waals surface area contributed by atoms with Crippen LogP contribution in [0.4, 0.5) is 0 Å². The molecule has 3 atom stereocenters. The fourth-order valence-electron chi connectivity index (χ4n) is 2.25. The lowest BCUT2D eigenvalue weighted by atomic mass is 10.1. The molecule has 3 unspecified atom stereocenters. The Kier molecular flexibility index (Phi) is 5.77. The van der Waals surface area contributed by atoms with E-state index in [-0.39, 0.29) is 11.9 Å². The lowest BCUT2D eigenvalue weighted by molar-refractivity contribution is -0.121. The number of hydrogen-bond acceptors (Lipinski definition) is 3. The quantitative estimate of drug-likeness (QED) is 0.710. The largest absolute Gasteiger partial charge is 0.383 e. The number of carbonyl (C=O) groups excluding carboxylic acids is 1. The van der Waals surface area contributed by atoms with Crippen LogP contribution in [0.5, 0.6) is 0 Å². The van der Waals surface area contributed by atoms with Crippen LogP contribution in [0.1, 0.15) is 33.1 Å². The maximum Gasteiger partial charge on any atom is 0.234 e. The molecule has 16 heavy (non-hydrogen) atoms. The number of amides is 1. The van der Waals surface area contributed by atoms with E-state index in [9.17, 15) is 4.79 Å². The average molecular weight is 228 g/mol. The SMILES string of the molecule is COCC(C)NC(=O)CNC1CCC(C)C1. The van der Waals surface area contributed by atoms with Gasteiger partial charge in [-0.2, -0.15) is 0 Å². The first-order valence-electron chi connectivity index (χ1n) is 6.13. The molecule has 0 bridgehead atoms. The maximum absolute atomic E-state index is 11.5. The summed E-state index contributed by atoms with van der Waals surface area (Å²) >= 11 is 0. The monoisotopic (exact) mass is 228 g/mol. The van der Waals surface area contributed by atoms with Gasteiger partial charge < -0.3 is 15.4 Å². The Morgan fingerprint density at radius 1 is 1.50 bits per heavy atom. The number of methoxy groups -OCH3 is 1. The maximum atomic E-state index is 11.5. The van der Waals surface area contributed by atoms with E-state index in [4.69, 9.17) is 4.74 Å². The van der Waals surface area contributed by atoms with Gasteiger partial charge in [-0.1, -0.05) is 6.92 Å². The topological polar surface area (TPSA) is 50.4 Å². The number of hydrogen-bond donors (Lipinski definition) is 2. The molecule has 0 aromatic carbocycles. The zero-order valence-corrected chi connectivity index (χ0v) is 10.6. The molecule has 1 aliphatic carbocycles. The Morgan fingerprint density at radius 3 is 2.81 bits per heavy atom. The summed E-state index contributed by atoms with van der Waals surface area (Å²) in [6.07, 6.45) is 3.67. The predicted octanol–water partition coefficient (Wildman–Crippen LogP) is 0.916. The van der Waals surface area contributed by atoms with Crippen LogP contribution in [-0.2, 0) is 9.53 Å². The Balaban J connectivity index is 2.10. The number of rotatable bonds is 6. The molecule has 0 heterocycles. The molecular formula is C12H24N2O2. The zero-order chi connectivity index (χ0) is 12.0. The number of nitrogens with one attached hydrogen (secondary N) is 2. The third kappa shape index (κ3) is 4.94. The highest BCUT2D eigenvalue weighted by molar-refractivity contribution is 5.78. The summed E-state index contributed by atoms with van der Waals surface area (Å²) in [5.41, 5.74) is 0. The van der Waals surface area contributed by atoms with Crippen LogP contribution in [0.3, 0.4) is 0 Å². The lowest BCUT2D eigenvalue weighted by Gasteiger charge is -2.15. The Morgan fingerprint density at radius 2 is 2.25 bits per heavy atom. The van der Waals surface area contributed by atoms with E-state index in [1.54, 1.807) is 7.11 Å². The highest BCUT2D eigenvalue weighted by atomic mass is 16.5. The highest BCUT2D eigenvalue weighted by Crippen LogP contribution is 2.24. The minimum absolute atomic E-state index is 0.0594. The van der Waals surface area contributed by atoms with Gasteiger partial charge in [0.2, 0.25) is 5.91 Å². The van der Waals surface area contributed by atoms with Gasteiger partial charge in [-0.3, -0.25) is 4.79 Å². The summed E-state index contributed by atoms with van der Waals surface area (Å²) in [5, 5.41) is 6.20. The summed E-state index contributed by atoms with van der Waals surface area (Å²) in [5.74, 6) is 0.858. The van der Waals surface area contributed by atoms with Crippen molar-refractivity contribution in [2.75, 3.05) is 20.3 Å². The van der Waals surface area contributed by atoms with Gasteiger partial charge in [0.1, 0.15) is 0 Å². The molecule has 1 fully saturated rings. The molecule has 2 N–H and O–H groups in total. The van der Waals surface area contributed by atoms with Crippen molar-refractivity contribution in [2.45, 2.75) is 45.2 Å². The van der Waals surface area contributed by atoms with E-state index in [2.05, 4.69) is 17.6 Å². The second-order valence-corrected chi connectivity index (χ2v) is 4.92. The van der Waals surface area contributed by atoms with Crippen molar-refractivity contribution in [3.63, 3.8) is 0 Å². The van der Waals surface area contributed by atoms with Gasteiger partial charge in [-0.15, -0.1) is 0 Å². The van der Waals surface area contributed by atoms with Crippen LogP contribution < -0.4 is 10.6 Å². The van der Waals surface area contributed by atoms with Crippen molar-refractivity contribution in [3.05, 3.63) is 0 Å². The minimum atomic E-state index is 0.0594. The summed E-state index contributed by atoms with van der Waals surface area (Å²) in [4.78, 5) is 11.5. The predicted molar refractivity (Wildman–Crippen MR) is 64.3 cm³/mol. The average Bonchev–Trinajstić information content (AvgIpc) is 2.61. The molecule has 0 aliphatic heterocycles. The lowest BCUT2D eigenvalue weighted by Crippen LogP contribution is -2.43. The fraction of sp³-hybridized carbons (Fsp3) is 0.917. The van der Waals surface area contributed by atoms with E-state index in [0.717, 1.165) is 5.92 Å². The molecule has 1 amide bonds. The van der Waals surface area contributed by atoms with Gasteiger partial charge in [0, 0.05) is 19.2 Å². The molecular weight excluding hydrogens is 204 g/mol. The third-order valence-corrected chi connectivity index (χ3v) is 3.07. The Bertz CT molecular complexity index is 221. The van der Waals surface area contributed by atoms with E-state index in [0.29, 0.717) is 19.2 Å². The second-order valence-electron chi connectivity index (χ2n) is 4.92. The van der Waals surface area contributed by atoms with Gasteiger partial charge in [0.05, 0.1) is 13.2 Å². The van der Waals surface area contributed by atoms with Crippen LogP contribution in [0.15, 0.2) is 0 Å². The van der Waals surface area contributed by atoms with E-state index in [1.807, 2.05) is 6.92 Å². The van der Waals surface area contributed by atoms with Crippen molar-refractivity contribution in [3.8, 4) is 0 Å². The van der Waals surface area contributed by atoms with Crippen LogP contribution in [-0.4, -0.2) is 38.3 Å². The van der Waals surface area contributed by atoms with Crippen molar-refractivity contribution in [2.24, 2.45) is 5.92 Å². The molecule has 4 nitrogen and oxygen atoms in total. The standard InChI is InChI=1S/C12H24N2O2/c1-9-4-5-11(6-9)13-7-12(15)14-10(2)8-16-3/h9-11,13H,4-8H2,1-3H3,(H,14,15). The first-order valence-corrected chi connectivity index (χ1v) is 6.13. The molecule has 0 radical (unpaired) electrons. The van der Waals surface area contributed by atoms with Gasteiger partial charge >= 0.3 is 0 Å². The molecule has 94 valence electrons. The van der Waals surface area contributed by atoms with E-state index >= 15 is 0 Å². The van der Waals surface area contributed by atoms with Crippen LogP contribution >= 0.6 is 0 Å². The first-order chi connectivity index (χ1) is 7.61. The molecule has 4 heteroatoms. The van der Waals surface area contributed by atoms with Crippen molar-refractivity contribution < 1.29 is 9.53 Å². The number of ether oxygens (including phenoxy) is 1. The van der Waals surface area contributed by atoms with E-state index in [1.165, 1.54) is 19.3 Å². The van der Waals surface area contributed by atoms with Crippen LogP contribution in [0.2, 0.25) is 0 Å². The summed E-state index contributed by atoms with van der Waals surface area (Å²) in [6.45, 7) is 5.19. The van der Waals surface area contributed by atoms with Gasteiger partial charge in [0.15, 0.2) is 0 Å². The molecule has 1 aliphatic rings. The zero-order valence-electron chi connectivity index (χ0n) is 10.6. The smallest absolute Gasteiger partial charge is 0.234 e. The fourth-order valence-corrected chi connectivity index (χ4v) is 2.25. The van der Waals surface area contributed by atoms with Crippen molar-refractivity contribution in [1.29, 1.82) is 0 Å². The van der Waals surface area contributed by atoms with Gasteiger partial charge in [-0.25, -0.2) is 0 Å². The summed E-state index contributed by atoms with van der Waals surface area (Å²) in [6, 6.07) is 0.611. The summed E-state index contributed by atoms with van der Waals surface area (Å²) < 4.78 is 4.96. The summed E-state index contributed by atoms with van der Waals surface area (Å²) in [7, 11) is 1.64. The minimum Gasteiger partial charge on any atom is -0.383 e. The van der Waals surface area contributed by atoms with Crippen molar-refractivity contribution >= 4 is 5.91 Å². The normalized spacial score (nSPS) is 26.7. The Labute approximate surface area is 98.1 Å². The molecule has 0 aromatic heterocycles. The molecule has 0 spiro atoms. The van der Waals surface area contributed by atoms with Crippen LogP contribution in [0.25, 0.3) is 0 Å². The highest BCUT2D eigenvalue weighted by Gasteiger charge is 2.21. The van der Waals surface area contributed by atoms with Crippen molar-refractivity contribution in [1.82, 2.24) is 10.6 Å². The second kappa shape index (κ2) is 6.86. The molecule has 1 rings (SSSR count). The van der Waals surface area contributed by atoms with E-state index < -0.39 is 0 Å². The molecule has 0 aromatic rings. The van der Waals surface area contributed by atoms with Gasteiger partial charge in [-0.05, 0) is 32.1 Å². The van der Waals surface area contributed by atoms with Gasteiger partial charge in [0.25, 0.3) is 0 Å². The van der Waals surface area contributed by atoms with Crippen LogP contribution in [0, 0.1) is 5.92 Å². The Hall–Kier alpha value is -0.610. The third-order valence-electron chi connectivity index (χ3n) is 3.07. The molecule has 0 saturated heterocycles.